The van der Waals surface area contributed by atoms with Crippen molar-refractivity contribution in [1.29, 1.82) is 0 Å². The summed E-state index contributed by atoms with van der Waals surface area (Å²) in [6, 6.07) is 19.3. The number of amides is 1. The van der Waals surface area contributed by atoms with Crippen molar-refractivity contribution in [3.8, 4) is 5.75 Å². The van der Waals surface area contributed by atoms with Crippen LogP contribution in [0.5, 0.6) is 5.75 Å². The molecule has 168 valence electrons. The molecule has 9 heteroatoms. The SMILES string of the molecule is COc1ccc(S(=O)(=O)N[C@H](Cc2ccccc2)C(=O)NCc2ccccc2Cl)cc1Cl. The number of carbonyl (C=O) groups excluding carboxylic acids is 1. The van der Waals surface area contributed by atoms with Gasteiger partial charge >= 0.3 is 0 Å². The lowest BCUT2D eigenvalue weighted by Gasteiger charge is -2.19. The molecule has 1 atom stereocenters. The van der Waals surface area contributed by atoms with Gasteiger partial charge in [0.1, 0.15) is 11.8 Å². The van der Waals surface area contributed by atoms with Gasteiger partial charge in [0.15, 0.2) is 0 Å². The van der Waals surface area contributed by atoms with Gasteiger partial charge in [-0.15, -0.1) is 0 Å². The summed E-state index contributed by atoms with van der Waals surface area (Å²) in [5.41, 5.74) is 1.53. The van der Waals surface area contributed by atoms with Crippen molar-refractivity contribution in [1.82, 2.24) is 10.0 Å². The summed E-state index contributed by atoms with van der Waals surface area (Å²) in [6.45, 7) is 0.167. The molecule has 0 aromatic heterocycles. The molecule has 2 N–H and O–H groups in total. The molecule has 0 aliphatic heterocycles. The van der Waals surface area contributed by atoms with Crippen LogP contribution in [0.15, 0.2) is 77.7 Å². The van der Waals surface area contributed by atoms with Gasteiger partial charge in [0.25, 0.3) is 0 Å². The molecule has 0 bridgehead atoms. The van der Waals surface area contributed by atoms with Crippen LogP contribution in [0.3, 0.4) is 0 Å². The zero-order valence-electron chi connectivity index (χ0n) is 17.2. The first-order valence-corrected chi connectivity index (χ1v) is 11.9. The molecule has 0 aliphatic carbocycles. The summed E-state index contributed by atoms with van der Waals surface area (Å²) in [7, 11) is -2.60. The van der Waals surface area contributed by atoms with Crippen LogP contribution in [0.25, 0.3) is 0 Å². The van der Waals surface area contributed by atoms with E-state index in [2.05, 4.69) is 10.0 Å². The monoisotopic (exact) mass is 492 g/mol. The van der Waals surface area contributed by atoms with Gasteiger partial charge in [-0.2, -0.15) is 4.72 Å². The molecule has 0 fully saturated rings. The van der Waals surface area contributed by atoms with Crippen LogP contribution < -0.4 is 14.8 Å². The fourth-order valence-corrected chi connectivity index (χ4v) is 4.80. The maximum absolute atomic E-state index is 13.0. The van der Waals surface area contributed by atoms with Crippen molar-refractivity contribution in [3.63, 3.8) is 0 Å². The number of carbonyl (C=O) groups is 1. The van der Waals surface area contributed by atoms with Crippen molar-refractivity contribution in [2.45, 2.75) is 23.9 Å². The van der Waals surface area contributed by atoms with Gasteiger partial charge in [0.2, 0.25) is 15.9 Å². The Hall–Kier alpha value is -2.58. The lowest BCUT2D eigenvalue weighted by atomic mass is 10.1. The molecule has 3 aromatic carbocycles. The third kappa shape index (κ3) is 6.23. The van der Waals surface area contributed by atoms with Crippen LogP contribution in [0.4, 0.5) is 0 Å². The van der Waals surface area contributed by atoms with Crippen LogP contribution in [-0.4, -0.2) is 27.5 Å². The molecule has 3 aromatic rings. The van der Waals surface area contributed by atoms with E-state index in [0.29, 0.717) is 10.8 Å². The Labute approximate surface area is 197 Å². The minimum absolute atomic E-state index is 0.0692. The highest BCUT2D eigenvalue weighted by atomic mass is 35.5. The van der Waals surface area contributed by atoms with Crippen LogP contribution >= 0.6 is 23.2 Å². The van der Waals surface area contributed by atoms with Crippen LogP contribution in [-0.2, 0) is 27.8 Å². The van der Waals surface area contributed by atoms with E-state index in [1.165, 1.54) is 25.3 Å². The van der Waals surface area contributed by atoms with Crippen LogP contribution in [0.1, 0.15) is 11.1 Å². The van der Waals surface area contributed by atoms with Crippen molar-refractivity contribution < 1.29 is 17.9 Å². The van der Waals surface area contributed by atoms with E-state index in [-0.39, 0.29) is 22.9 Å². The predicted molar refractivity (Wildman–Crippen MR) is 126 cm³/mol. The van der Waals surface area contributed by atoms with Crippen molar-refractivity contribution >= 4 is 39.1 Å². The number of rotatable bonds is 9. The Morgan fingerprint density at radius 2 is 1.66 bits per heavy atom. The molecule has 0 saturated heterocycles. The van der Waals surface area contributed by atoms with Crippen molar-refractivity contribution in [2.75, 3.05) is 7.11 Å². The van der Waals surface area contributed by atoms with Crippen LogP contribution in [0, 0.1) is 0 Å². The molecule has 0 aliphatic rings. The van der Waals surface area contributed by atoms with Gasteiger partial charge in [-0.3, -0.25) is 4.79 Å². The standard InChI is InChI=1S/C23H22Cl2N2O4S/c1-31-22-12-11-18(14-20(22)25)32(29,30)27-21(13-16-7-3-2-4-8-16)23(28)26-15-17-9-5-6-10-19(17)24/h2-12,14,21,27H,13,15H2,1H3,(H,26,28)/t21-/m1/s1. The maximum Gasteiger partial charge on any atom is 0.241 e. The average Bonchev–Trinajstić information content (AvgIpc) is 2.78. The van der Waals surface area contributed by atoms with E-state index in [4.69, 9.17) is 27.9 Å². The fourth-order valence-electron chi connectivity index (χ4n) is 3.05. The van der Waals surface area contributed by atoms with Crippen molar-refractivity contribution in [2.24, 2.45) is 0 Å². The first-order chi connectivity index (χ1) is 15.3. The highest BCUT2D eigenvalue weighted by molar-refractivity contribution is 7.89. The van der Waals surface area contributed by atoms with Gasteiger partial charge in [-0.05, 0) is 41.8 Å². The topological polar surface area (TPSA) is 84.5 Å². The number of hydrogen-bond donors (Lipinski definition) is 2. The molecule has 0 saturated carbocycles. The summed E-state index contributed by atoms with van der Waals surface area (Å²) >= 11 is 12.2. The Bertz CT molecular complexity index is 1190. The largest absolute Gasteiger partial charge is 0.495 e. The zero-order valence-corrected chi connectivity index (χ0v) is 19.5. The Morgan fingerprint density at radius 1 is 0.969 bits per heavy atom. The number of benzene rings is 3. The maximum atomic E-state index is 13.0. The molecule has 1 amide bonds. The lowest BCUT2D eigenvalue weighted by molar-refractivity contribution is -0.122. The number of ether oxygens (including phenoxy) is 1. The summed E-state index contributed by atoms with van der Waals surface area (Å²) in [5, 5.41) is 3.43. The molecule has 6 nitrogen and oxygen atoms in total. The zero-order chi connectivity index (χ0) is 23.1. The molecule has 0 unspecified atom stereocenters. The summed E-state index contributed by atoms with van der Waals surface area (Å²) < 4.78 is 33.6. The molecule has 32 heavy (non-hydrogen) atoms. The van der Waals surface area contributed by atoms with E-state index in [9.17, 15) is 13.2 Å². The van der Waals surface area contributed by atoms with Crippen LogP contribution in [0.2, 0.25) is 10.0 Å². The van der Waals surface area contributed by atoms with Gasteiger partial charge < -0.3 is 10.1 Å². The second kappa shape index (κ2) is 10.8. The number of hydrogen-bond acceptors (Lipinski definition) is 4. The molecular formula is C23H22Cl2N2O4S. The smallest absolute Gasteiger partial charge is 0.241 e. The minimum Gasteiger partial charge on any atom is -0.495 e. The van der Waals surface area contributed by atoms with E-state index >= 15 is 0 Å². The normalized spacial score (nSPS) is 12.2. The quantitative estimate of drug-likeness (QED) is 0.468. The predicted octanol–water partition coefficient (Wildman–Crippen LogP) is 4.21. The Balaban J connectivity index is 1.82. The van der Waals surface area contributed by atoms with Gasteiger partial charge in [-0.1, -0.05) is 71.7 Å². The van der Waals surface area contributed by atoms with E-state index < -0.39 is 22.0 Å². The molecule has 0 radical (unpaired) electrons. The first-order valence-electron chi connectivity index (χ1n) is 9.71. The second-order valence-electron chi connectivity index (χ2n) is 6.97. The number of halogens is 2. The molecule has 0 spiro atoms. The fraction of sp³-hybridized carbons (Fsp3) is 0.174. The Kier molecular flexibility index (Phi) is 8.15. The first kappa shape index (κ1) is 24.1. The second-order valence-corrected chi connectivity index (χ2v) is 9.50. The van der Waals surface area contributed by atoms with E-state index in [1.54, 1.807) is 18.2 Å². The molecule has 0 heterocycles. The highest BCUT2D eigenvalue weighted by Crippen LogP contribution is 2.27. The highest BCUT2D eigenvalue weighted by Gasteiger charge is 2.26. The third-order valence-electron chi connectivity index (χ3n) is 4.74. The summed E-state index contributed by atoms with van der Waals surface area (Å²) in [5.74, 6) is -0.124. The van der Waals surface area contributed by atoms with Crippen molar-refractivity contribution in [3.05, 3.63) is 94.0 Å². The lowest BCUT2D eigenvalue weighted by Crippen LogP contribution is -2.47. The average molecular weight is 493 g/mol. The summed E-state index contributed by atoms with van der Waals surface area (Å²) in [4.78, 5) is 12.9. The Morgan fingerprint density at radius 3 is 2.31 bits per heavy atom. The van der Waals surface area contributed by atoms with Gasteiger partial charge in [0.05, 0.1) is 17.0 Å². The number of methoxy groups -OCH3 is 1. The number of sulfonamides is 1. The number of nitrogens with one attached hydrogen (secondary N) is 2. The van der Waals surface area contributed by atoms with Gasteiger partial charge in [0, 0.05) is 11.6 Å². The summed E-state index contributed by atoms with van der Waals surface area (Å²) in [6.07, 6.45) is 0.165. The molecule has 3 rings (SSSR count). The minimum atomic E-state index is -4.04. The molecular weight excluding hydrogens is 471 g/mol. The van der Waals surface area contributed by atoms with E-state index in [1.807, 2.05) is 36.4 Å². The van der Waals surface area contributed by atoms with Gasteiger partial charge in [-0.25, -0.2) is 8.42 Å². The third-order valence-corrected chi connectivity index (χ3v) is 6.87. The van der Waals surface area contributed by atoms with E-state index in [0.717, 1.165) is 11.1 Å².